The van der Waals surface area contributed by atoms with Crippen LogP contribution in [0.5, 0.6) is 0 Å². The first-order valence-electron chi connectivity index (χ1n) is 15.4. The molecule has 0 saturated carbocycles. The fourth-order valence-electron chi connectivity index (χ4n) is 5.69. The highest BCUT2D eigenvalue weighted by Gasteiger charge is 2.37. The Kier molecular flexibility index (Phi) is 9.76. The number of amides is 1. The van der Waals surface area contributed by atoms with E-state index in [1.165, 1.54) is 6.92 Å². The maximum absolute atomic E-state index is 13.8. The highest BCUT2D eigenvalue weighted by molar-refractivity contribution is 6.31. The molecule has 0 aliphatic heterocycles. The van der Waals surface area contributed by atoms with E-state index in [0.29, 0.717) is 29.4 Å². The number of hydrogen-bond acceptors (Lipinski definition) is 10. The zero-order valence-electron chi connectivity index (χ0n) is 26.5. The Morgan fingerprint density at radius 2 is 1.84 bits per heavy atom. The van der Waals surface area contributed by atoms with Crippen LogP contribution in [0, 0.1) is 6.92 Å². The van der Waals surface area contributed by atoms with Crippen LogP contribution in [-0.4, -0.2) is 58.4 Å². The first-order valence-corrected chi connectivity index (χ1v) is 15.8. The van der Waals surface area contributed by atoms with E-state index in [-0.39, 0.29) is 23.6 Å². The van der Waals surface area contributed by atoms with E-state index in [0.717, 1.165) is 34.5 Å². The van der Waals surface area contributed by atoms with E-state index in [9.17, 15) is 19.5 Å². The Hall–Kier alpha value is -5.89. The highest BCUT2D eigenvalue weighted by atomic mass is 35.5. The zero-order chi connectivity index (χ0) is 34.5. The third kappa shape index (κ3) is 7.33. The third-order valence-corrected chi connectivity index (χ3v) is 8.36. The van der Waals surface area contributed by atoms with Crippen LogP contribution in [0.1, 0.15) is 58.1 Å². The molecule has 2 aromatic carbocycles. The minimum absolute atomic E-state index is 0.00300. The number of aromatic amines is 1. The van der Waals surface area contributed by atoms with Crippen molar-refractivity contribution in [3.8, 4) is 22.6 Å². The first kappa shape index (κ1) is 33.0. The van der Waals surface area contributed by atoms with Gasteiger partial charge in [0.25, 0.3) is 5.91 Å². The molecule has 15 heteroatoms. The van der Waals surface area contributed by atoms with Gasteiger partial charge in [0.1, 0.15) is 17.4 Å². The molecule has 0 radical (unpaired) electrons. The summed E-state index contributed by atoms with van der Waals surface area (Å²) in [4.78, 5) is 42.9. The van der Waals surface area contributed by atoms with Gasteiger partial charge in [-0.15, -0.1) is 10.2 Å². The van der Waals surface area contributed by atoms with Gasteiger partial charge in [-0.1, -0.05) is 73.5 Å². The second-order valence-electron chi connectivity index (χ2n) is 11.3. The Labute approximate surface area is 284 Å². The van der Waals surface area contributed by atoms with Crippen LogP contribution in [0.2, 0.25) is 5.02 Å². The van der Waals surface area contributed by atoms with Crippen molar-refractivity contribution in [2.24, 2.45) is 0 Å². The number of aliphatic carboxylic acids is 1. The number of rotatable bonds is 13. The average Bonchev–Trinajstić information content (AvgIpc) is 3.84. The summed E-state index contributed by atoms with van der Waals surface area (Å²) in [5.41, 5.74) is 4.70. The van der Waals surface area contributed by atoms with Gasteiger partial charge < -0.3 is 19.3 Å². The monoisotopic (exact) mass is 682 g/mol. The topological polar surface area (TPSA) is 195 Å². The number of tetrazole rings is 1. The normalized spacial score (nSPS) is 12.5. The highest BCUT2D eigenvalue weighted by Crippen LogP contribution is 2.30. The van der Waals surface area contributed by atoms with Crippen LogP contribution in [-0.2, 0) is 24.2 Å². The van der Waals surface area contributed by atoms with Gasteiger partial charge in [-0.25, -0.2) is 4.79 Å². The van der Waals surface area contributed by atoms with Crippen LogP contribution < -0.4 is 11.1 Å². The summed E-state index contributed by atoms with van der Waals surface area (Å²) in [5.74, 6) is -4.15. The molecule has 4 aromatic heterocycles. The van der Waals surface area contributed by atoms with Crippen LogP contribution in [0.15, 0.2) is 86.6 Å². The molecule has 0 aliphatic rings. The average molecular weight is 683 g/mol. The predicted octanol–water partition coefficient (Wildman–Crippen LogP) is 4.84. The fraction of sp³-hybridized carbons (Fsp3) is 0.235. The lowest BCUT2D eigenvalue weighted by atomic mass is 9.90. The standard InChI is InChI=1S/C34H31ClN8O6/c1-3-8-22-16-28(40-43(22)18-20-13-14-26(36-17-20)23-10-5-6-11-24(23)31-38-41-42-39-31)32(44)37-27(15-21-9-4-7-12-25(21)35)29(33(45)46)30-19(2)48-34(47)49-30/h4-7,9-14,16-17,27,29H,3,8,15,18H2,1-2H3,(H,37,44)(H,45,46)(H,38,39,41,42)/t27-,29?/m1/s1. The molecule has 1 amide bonds. The van der Waals surface area contributed by atoms with Gasteiger partial charge in [-0.2, -0.15) is 10.3 Å². The van der Waals surface area contributed by atoms with E-state index >= 15 is 0 Å². The van der Waals surface area contributed by atoms with Crippen LogP contribution >= 0.6 is 11.6 Å². The van der Waals surface area contributed by atoms with E-state index < -0.39 is 29.7 Å². The lowest BCUT2D eigenvalue weighted by Gasteiger charge is -2.24. The van der Waals surface area contributed by atoms with Crippen molar-refractivity contribution < 1.29 is 23.5 Å². The molecule has 3 N–H and O–H groups in total. The molecule has 0 spiro atoms. The smallest absolute Gasteiger partial charge is 0.481 e. The van der Waals surface area contributed by atoms with Crippen LogP contribution in [0.3, 0.4) is 0 Å². The number of nitrogens with one attached hydrogen (secondary N) is 2. The number of aryl methyl sites for hydroxylation is 2. The summed E-state index contributed by atoms with van der Waals surface area (Å²) in [7, 11) is 0. The van der Waals surface area contributed by atoms with E-state index in [1.54, 1.807) is 41.2 Å². The van der Waals surface area contributed by atoms with Gasteiger partial charge in [-0.3, -0.25) is 19.3 Å². The van der Waals surface area contributed by atoms with Gasteiger partial charge in [-0.05, 0) is 54.3 Å². The molecule has 49 heavy (non-hydrogen) atoms. The molecular weight excluding hydrogens is 652 g/mol. The molecule has 6 aromatic rings. The van der Waals surface area contributed by atoms with Crippen molar-refractivity contribution in [1.82, 2.24) is 40.7 Å². The largest absolute Gasteiger partial charge is 0.519 e. The number of carbonyl (C=O) groups excluding carboxylic acids is 1. The quantitative estimate of drug-likeness (QED) is 0.151. The van der Waals surface area contributed by atoms with Crippen molar-refractivity contribution in [2.45, 2.75) is 51.6 Å². The maximum atomic E-state index is 13.8. The van der Waals surface area contributed by atoms with E-state index in [4.69, 9.17) is 20.4 Å². The van der Waals surface area contributed by atoms with Crippen molar-refractivity contribution >= 4 is 23.5 Å². The van der Waals surface area contributed by atoms with Crippen LogP contribution in [0.4, 0.5) is 0 Å². The lowest BCUT2D eigenvalue weighted by molar-refractivity contribution is -0.140. The number of carboxylic acids is 1. The molecule has 2 atom stereocenters. The number of halogens is 1. The van der Waals surface area contributed by atoms with Gasteiger partial charge in [0.2, 0.25) is 5.82 Å². The molecule has 0 fully saturated rings. The van der Waals surface area contributed by atoms with E-state index in [1.807, 2.05) is 43.3 Å². The Morgan fingerprint density at radius 3 is 2.49 bits per heavy atom. The number of pyridine rings is 1. The Balaban J connectivity index is 1.27. The van der Waals surface area contributed by atoms with Crippen molar-refractivity contribution in [1.29, 1.82) is 0 Å². The second kappa shape index (κ2) is 14.5. The SMILES string of the molecule is CCCc1cc(C(=O)N[C@H](Cc2ccccc2Cl)C(C(=O)O)c2oc(=O)oc2C)nn1Cc1ccc(-c2ccccc2-c2nn[nH]n2)nc1. The number of H-pyrrole nitrogens is 1. The number of benzene rings is 2. The Bertz CT molecular complexity index is 2140. The molecule has 0 aliphatic carbocycles. The number of aromatic nitrogens is 7. The first-order chi connectivity index (χ1) is 23.7. The van der Waals surface area contributed by atoms with Gasteiger partial charge in [0.15, 0.2) is 5.76 Å². The summed E-state index contributed by atoms with van der Waals surface area (Å²) in [6.07, 6.45) is 3.21. The third-order valence-electron chi connectivity index (χ3n) is 7.99. The van der Waals surface area contributed by atoms with Crippen molar-refractivity contribution in [3.05, 3.63) is 123 Å². The number of carboxylic acid groups (broad SMARTS) is 1. The minimum Gasteiger partial charge on any atom is -0.481 e. The summed E-state index contributed by atoms with van der Waals surface area (Å²) < 4.78 is 11.8. The molecule has 250 valence electrons. The van der Waals surface area contributed by atoms with Crippen LogP contribution in [0.25, 0.3) is 22.6 Å². The number of carbonyl (C=O) groups is 2. The molecule has 0 bridgehead atoms. The lowest BCUT2D eigenvalue weighted by Crippen LogP contribution is -2.44. The van der Waals surface area contributed by atoms with Crippen molar-refractivity contribution in [3.63, 3.8) is 0 Å². The summed E-state index contributed by atoms with van der Waals surface area (Å²) >= 11 is 6.42. The van der Waals surface area contributed by atoms with Gasteiger partial charge in [0, 0.05) is 28.0 Å². The summed E-state index contributed by atoms with van der Waals surface area (Å²) in [6, 6.07) is 19.0. The predicted molar refractivity (Wildman–Crippen MR) is 177 cm³/mol. The molecule has 4 heterocycles. The zero-order valence-corrected chi connectivity index (χ0v) is 27.2. The second-order valence-corrected chi connectivity index (χ2v) is 11.7. The summed E-state index contributed by atoms with van der Waals surface area (Å²) in [5, 5.41) is 32.4. The number of nitrogens with zero attached hydrogens (tertiary/aromatic N) is 6. The number of hydrogen-bond donors (Lipinski definition) is 3. The van der Waals surface area contributed by atoms with Gasteiger partial charge >= 0.3 is 11.8 Å². The molecule has 1 unspecified atom stereocenters. The maximum Gasteiger partial charge on any atom is 0.519 e. The Morgan fingerprint density at radius 1 is 1.06 bits per heavy atom. The fourth-order valence-corrected chi connectivity index (χ4v) is 5.90. The summed E-state index contributed by atoms with van der Waals surface area (Å²) in [6.45, 7) is 3.78. The van der Waals surface area contributed by atoms with Crippen molar-refractivity contribution in [2.75, 3.05) is 0 Å². The minimum atomic E-state index is -1.46. The van der Waals surface area contributed by atoms with Gasteiger partial charge in [0.05, 0.1) is 18.3 Å². The molecule has 14 nitrogen and oxygen atoms in total. The van der Waals surface area contributed by atoms with E-state index in [2.05, 4.69) is 36.0 Å². The molecule has 6 rings (SSSR count). The molecule has 0 saturated heterocycles. The molecular formula is C34H31ClN8O6.